The van der Waals surface area contributed by atoms with Gasteiger partial charge in [0.15, 0.2) is 0 Å². The lowest BCUT2D eigenvalue weighted by Gasteiger charge is -1.93. The van der Waals surface area contributed by atoms with E-state index in [0.717, 1.165) is 0 Å². The zero-order valence-electron chi connectivity index (χ0n) is 5.58. The Morgan fingerprint density at radius 1 is 1.90 bits per heavy atom. The van der Waals surface area contributed by atoms with Gasteiger partial charge in [0.2, 0.25) is 0 Å². The molecule has 1 unspecified atom stereocenters. The van der Waals surface area contributed by atoms with Crippen molar-refractivity contribution in [1.82, 2.24) is 0 Å². The molecule has 4 heteroatoms. The van der Waals surface area contributed by atoms with E-state index in [0.29, 0.717) is 0 Å². The maximum Gasteiger partial charge on any atom is 0.506 e. The van der Waals surface area contributed by atoms with Crippen LogP contribution in [0.5, 0.6) is 0 Å². The molecule has 0 aromatic rings. The van der Waals surface area contributed by atoms with E-state index in [9.17, 15) is 4.79 Å². The van der Waals surface area contributed by atoms with E-state index >= 15 is 0 Å². The van der Waals surface area contributed by atoms with Crippen LogP contribution in [0, 0.1) is 0 Å². The average Bonchev–Trinajstić information content (AvgIpc) is 1.79. The molecule has 0 aliphatic heterocycles. The first kappa shape index (κ1) is 9.30. The molecule has 0 aliphatic carbocycles. The summed E-state index contributed by atoms with van der Waals surface area (Å²) in [6, 6.07) is 0. The van der Waals surface area contributed by atoms with Crippen LogP contribution >= 0.6 is 11.6 Å². The van der Waals surface area contributed by atoms with Crippen molar-refractivity contribution < 1.29 is 14.6 Å². The third kappa shape index (κ3) is 7.30. The van der Waals surface area contributed by atoms with Gasteiger partial charge < -0.3 is 9.84 Å². The van der Waals surface area contributed by atoms with Crippen LogP contribution < -0.4 is 0 Å². The van der Waals surface area contributed by atoms with Gasteiger partial charge in [0.05, 0.1) is 0 Å². The Hall–Kier alpha value is -0.700. The molecular formula is C6H9ClO3. The van der Waals surface area contributed by atoms with Crippen molar-refractivity contribution in [3.05, 3.63) is 12.2 Å². The predicted octanol–water partition coefficient (Wildman–Crippen LogP) is 1.86. The first-order valence-electron chi connectivity index (χ1n) is 2.79. The van der Waals surface area contributed by atoms with Crippen LogP contribution in [0.3, 0.4) is 0 Å². The largest absolute Gasteiger partial charge is 0.506 e. The second-order valence-electron chi connectivity index (χ2n) is 1.68. The lowest BCUT2D eigenvalue weighted by molar-refractivity contribution is 0.102. The van der Waals surface area contributed by atoms with E-state index in [-0.39, 0.29) is 12.0 Å². The van der Waals surface area contributed by atoms with Crippen LogP contribution in [-0.2, 0) is 4.74 Å². The maximum atomic E-state index is 9.75. The molecule has 58 valence electrons. The molecule has 0 aliphatic rings. The summed E-state index contributed by atoms with van der Waals surface area (Å²) in [5.74, 6) is 0. The Morgan fingerprint density at radius 2 is 2.50 bits per heavy atom. The Labute approximate surface area is 64.2 Å². The fourth-order valence-corrected chi connectivity index (χ4v) is 0.465. The molecule has 0 heterocycles. The van der Waals surface area contributed by atoms with E-state index < -0.39 is 6.16 Å². The van der Waals surface area contributed by atoms with Crippen molar-refractivity contribution in [2.45, 2.75) is 12.3 Å². The second kappa shape index (κ2) is 5.11. The van der Waals surface area contributed by atoms with E-state index in [2.05, 4.69) is 4.74 Å². The summed E-state index contributed by atoms with van der Waals surface area (Å²) >= 11 is 5.50. The standard InChI is InChI=1S/C6H9ClO3/c1-5(7)3-2-4-10-6(8)9/h2-3,5H,4H2,1H3,(H,8,9). The molecule has 0 saturated heterocycles. The molecular weight excluding hydrogens is 156 g/mol. The number of carbonyl (C=O) groups is 1. The van der Waals surface area contributed by atoms with Crippen LogP contribution in [0.1, 0.15) is 6.92 Å². The van der Waals surface area contributed by atoms with Crippen molar-refractivity contribution in [2.75, 3.05) is 6.61 Å². The van der Waals surface area contributed by atoms with Crippen molar-refractivity contribution in [3.63, 3.8) is 0 Å². The van der Waals surface area contributed by atoms with Gasteiger partial charge in [0.25, 0.3) is 0 Å². The lowest BCUT2D eigenvalue weighted by Crippen LogP contribution is -1.99. The SMILES string of the molecule is CC(Cl)C=CCOC(=O)O. The summed E-state index contributed by atoms with van der Waals surface area (Å²) in [6.07, 6.45) is 1.95. The summed E-state index contributed by atoms with van der Waals surface area (Å²) in [5, 5.41) is 7.90. The quantitative estimate of drug-likeness (QED) is 0.394. The van der Waals surface area contributed by atoms with Crippen molar-refractivity contribution in [1.29, 1.82) is 0 Å². The van der Waals surface area contributed by atoms with Crippen LogP contribution in [0.2, 0.25) is 0 Å². The number of hydrogen-bond acceptors (Lipinski definition) is 2. The van der Waals surface area contributed by atoms with Crippen LogP contribution in [0.4, 0.5) is 4.79 Å². The first-order valence-corrected chi connectivity index (χ1v) is 3.23. The van der Waals surface area contributed by atoms with Gasteiger partial charge in [-0.25, -0.2) is 4.79 Å². The molecule has 0 radical (unpaired) electrons. The van der Waals surface area contributed by atoms with Gasteiger partial charge >= 0.3 is 6.16 Å². The third-order valence-electron chi connectivity index (χ3n) is 0.704. The van der Waals surface area contributed by atoms with E-state index in [1.165, 1.54) is 0 Å². The third-order valence-corrected chi connectivity index (χ3v) is 0.850. The van der Waals surface area contributed by atoms with Crippen molar-refractivity contribution >= 4 is 17.8 Å². The summed E-state index contributed by atoms with van der Waals surface area (Å²) in [5.41, 5.74) is 0. The maximum absolute atomic E-state index is 9.75. The minimum atomic E-state index is -1.27. The van der Waals surface area contributed by atoms with E-state index in [1.807, 2.05) is 0 Å². The van der Waals surface area contributed by atoms with Gasteiger partial charge in [0, 0.05) is 5.38 Å². The fourth-order valence-electron chi connectivity index (χ4n) is 0.362. The van der Waals surface area contributed by atoms with Crippen molar-refractivity contribution in [3.8, 4) is 0 Å². The molecule has 0 bridgehead atoms. The topological polar surface area (TPSA) is 46.5 Å². The molecule has 0 amide bonds. The fraction of sp³-hybridized carbons (Fsp3) is 0.500. The first-order chi connectivity index (χ1) is 4.63. The smallest absolute Gasteiger partial charge is 0.450 e. The van der Waals surface area contributed by atoms with Crippen LogP contribution in [0.15, 0.2) is 12.2 Å². The Kier molecular flexibility index (Phi) is 4.76. The zero-order valence-corrected chi connectivity index (χ0v) is 6.34. The number of halogens is 1. The monoisotopic (exact) mass is 164 g/mol. The van der Waals surface area contributed by atoms with Gasteiger partial charge in [-0.1, -0.05) is 6.08 Å². The van der Waals surface area contributed by atoms with Crippen LogP contribution in [-0.4, -0.2) is 23.2 Å². The zero-order chi connectivity index (χ0) is 7.98. The highest BCUT2D eigenvalue weighted by Crippen LogP contribution is 1.94. The molecule has 0 rings (SSSR count). The molecule has 0 aromatic carbocycles. The Morgan fingerprint density at radius 3 is 2.90 bits per heavy atom. The lowest BCUT2D eigenvalue weighted by atomic mass is 10.4. The number of alkyl halides is 1. The number of allylic oxidation sites excluding steroid dienone is 1. The summed E-state index contributed by atoms with van der Waals surface area (Å²) in [7, 11) is 0. The highest BCUT2D eigenvalue weighted by Gasteiger charge is 1.91. The highest BCUT2D eigenvalue weighted by molar-refractivity contribution is 6.21. The number of hydrogen-bond donors (Lipinski definition) is 1. The van der Waals surface area contributed by atoms with Crippen LogP contribution in [0.25, 0.3) is 0 Å². The molecule has 1 N–H and O–H groups in total. The summed E-state index contributed by atoms with van der Waals surface area (Å²) < 4.78 is 4.16. The number of ether oxygens (including phenoxy) is 1. The second-order valence-corrected chi connectivity index (χ2v) is 2.37. The summed E-state index contributed by atoms with van der Waals surface area (Å²) in [4.78, 5) is 9.75. The molecule has 0 saturated carbocycles. The number of rotatable bonds is 3. The van der Waals surface area contributed by atoms with Gasteiger partial charge in [-0.05, 0) is 13.0 Å². The van der Waals surface area contributed by atoms with Crippen molar-refractivity contribution in [2.24, 2.45) is 0 Å². The van der Waals surface area contributed by atoms with E-state index in [1.54, 1.807) is 19.1 Å². The summed E-state index contributed by atoms with van der Waals surface area (Å²) in [6.45, 7) is 1.84. The minimum absolute atomic E-state index is 0.0619. The minimum Gasteiger partial charge on any atom is -0.450 e. The molecule has 0 aromatic heterocycles. The predicted molar refractivity (Wildman–Crippen MR) is 38.4 cm³/mol. The van der Waals surface area contributed by atoms with Gasteiger partial charge in [-0.3, -0.25) is 0 Å². The average molecular weight is 165 g/mol. The Balaban J connectivity index is 3.27. The molecule has 10 heavy (non-hydrogen) atoms. The molecule has 0 fully saturated rings. The molecule has 0 spiro atoms. The molecule has 1 atom stereocenters. The molecule has 3 nitrogen and oxygen atoms in total. The normalized spacial score (nSPS) is 13.4. The van der Waals surface area contributed by atoms with Gasteiger partial charge in [-0.15, -0.1) is 11.6 Å². The van der Waals surface area contributed by atoms with Gasteiger partial charge in [0.1, 0.15) is 6.61 Å². The van der Waals surface area contributed by atoms with E-state index in [4.69, 9.17) is 16.7 Å². The Bertz CT molecular complexity index is 131. The highest BCUT2D eigenvalue weighted by atomic mass is 35.5. The number of carboxylic acid groups (broad SMARTS) is 1. The van der Waals surface area contributed by atoms with Gasteiger partial charge in [-0.2, -0.15) is 0 Å².